The maximum atomic E-state index is 12.8. The highest BCUT2D eigenvalue weighted by molar-refractivity contribution is 7.99. The van der Waals surface area contributed by atoms with Gasteiger partial charge in [-0.2, -0.15) is 18.2 Å². The van der Waals surface area contributed by atoms with Gasteiger partial charge in [0.1, 0.15) is 5.82 Å². The average Bonchev–Trinajstić information content (AvgIpc) is 2.49. The van der Waals surface area contributed by atoms with Gasteiger partial charge < -0.3 is 11.5 Å². The molecule has 24 heavy (non-hydrogen) atoms. The molecule has 0 amide bonds. The van der Waals surface area contributed by atoms with Crippen molar-refractivity contribution in [3.8, 4) is 0 Å². The third kappa shape index (κ3) is 3.20. The highest BCUT2D eigenvalue weighted by Gasteiger charge is 2.30. The highest BCUT2D eigenvalue weighted by atomic mass is 35.5. The Morgan fingerprint density at radius 2 is 1.79 bits per heavy atom. The molecule has 0 radical (unpaired) electrons. The summed E-state index contributed by atoms with van der Waals surface area (Å²) in [6.45, 7) is 0. The van der Waals surface area contributed by atoms with Gasteiger partial charge in [0.15, 0.2) is 0 Å². The summed E-state index contributed by atoms with van der Waals surface area (Å²) in [5.74, 6) is 0.142. The fourth-order valence-corrected chi connectivity index (χ4v) is 3.44. The van der Waals surface area contributed by atoms with Crippen molar-refractivity contribution < 1.29 is 13.2 Å². The molecular weight excluding hydrogens is 361 g/mol. The number of halogens is 4. The lowest BCUT2D eigenvalue weighted by atomic mass is 10.2. The van der Waals surface area contributed by atoms with Crippen molar-refractivity contribution in [2.24, 2.45) is 0 Å². The van der Waals surface area contributed by atoms with Crippen LogP contribution in [0.5, 0.6) is 0 Å². The predicted octanol–water partition coefficient (Wildman–Crippen LogP) is 4.62. The largest absolute Gasteiger partial charge is 0.416 e. The summed E-state index contributed by atoms with van der Waals surface area (Å²) in [4.78, 5) is 8.84. The van der Waals surface area contributed by atoms with E-state index < -0.39 is 11.7 Å². The molecule has 0 aliphatic rings. The fourth-order valence-electron chi connectivity index (χ4n) is 2.15. The highest BCUT2D eigenvalue weighted by Crippen LogP contribution is 2.40. The lowest BCUT2D eigenvalue weighted by molar-refractivity contribution is -0.137. The van der Waals surface area contributed by atoms with Gasteiger partial charge in [-0.3, -0.25) is 0 Å². The number of alkyl halides is 3. The topological polar surface area (TPSA) is 77.8 Å². The molecule has 0 fully saturated rings. The van der Waals surface area contributed by atoms with Crippen LogP contribution < -0.4 is 11.5 Å². The van der Waals surface area contributed by atoms with Crippen molar-refractivity contribution in [3.05, 3.63) is 47.0 Å². The molecular formula is C15H10ClF3N4S. The molecule has 3 aromatic rings. The monoisotopic (exact) mass is 370 g/mol. The molecule has 2 aromatic carbocycles. The van der Waals surface area contributed by atoms with Crippen LogP contribution in [0.25, 0.3) is 10.9 Å². The minimum Gasteiger partial charge on any atom is -0.383 e. The normalized spacial score (nSPS) is 11.8. The smallest absolute Gasteiger partial charge is 0.383 e. The Balaban J connectivity index is 2.04. The summed E-state index contributed by atoms with van der Waals surface area (Å²) in [5, 5.41) is 0.690. The maximum absolute atomic E-state index is 12.8. The summed E-state index contributed by atoms with van der Waals surface area (Å²) in [5.41, 5.74) is 11.1. The zero-order chi connectivity index (χ0) is 17.5. The second-order valence-electron chi connectivity index (χ2n) is 4.87. The predicted molar refractivity (Wildman–Crippen MR) is 88.9 cm³/mol. The van der Waals surface area contributed by atoms with E-state index in [1.807, 2.05) is 0 Å². The van der Waals surface area contributed by atoms with Crippen molar-refractivity contribution in [2.45, 2.75) is 16.0 Å². The second-order valence-corrected chi connectivity index (χ2v) is 6.36. The summed E-state index contributed by atoms with van der Waals surface area (Å²) >= 11 is 7.43. The Morgan fingerprint density at radius 3 is 2.50 bits per heavy atom. The number of fused-ring (bicyclic) bond motifs is 1. The van der Waals surface area contributed by atoms with Gasteiger partial charge in [0.2, 0.25) is 5.95 Å². The first-order chi connectivity index (χ1) is 11.3. The van der Waals surface area contributed by atoms with Crippen LogP contribution in [0.15, 0.2) is 46.2 Å². The number of hydrogen-bond acceptors (Lipinski definition) is 5. The molecule has 0 bridgehead atoms. The summed E-state index contributed by atoms with van der Waals surface area (Å²) in [6.07, 6.45) is -4.40. The molecule has 1 aromatic heterocycles. The van der Waals surface area contributed by atoms with Crippen LogP contribution in [0.4, 0.5) is 24.9 Å². The molecule has 0 spiro atoms. The average molecular weight is 371 g/mol. The van der Waals surface area contributed by atoms with E-state index in [0.717, 1.165) is 23.9 Å². The number of rotatable bonds is 2. The first-order valence-electron chi connectivity index (χ1n) is 6.62. The summed E-state index contributed by atoms with van der Waals surface area (Å²) in [6, 6.07) is 8.29. The number of nitrogens with two attached hydrogens (primary N) is 2. The first-order valence-corrected chi connectivity index (χ1v) is 7.81. The Hall–Kier alpha value is -2.19. The molecule has 0 saturated heterocycles. The molecule has 0 saturated carbocycles. The third-order valence-electron chi connectivity index (χ3n) is 3.20. The van der Waals surface area contributed by atoms with Gasteiger partial charge in [0, 0.05) is 9.79 Å². The van der Waals surface area contributed by atoms with Crippen LogP contribution in [0.3, 0.4) is 0 Å². The van der Waals surface area contributed by atoms with E-state index in [1.54, 1.807) is 18.2 Å². The molecule has 0 aliphatic heterocycles. The number of hydrogen-bond donors (Lipinski definition) is 2. The van der Waals surface area contributed by atoms with Crippen LogP contribution in [-0.2, 0) is 6.18 Å². The lowest BCUT2D eigenvalue weighted by Gasteiger charge is -2.11. The van der Waals surface area contributed by atoms with E-state index in [1.165, 1.54) is 6.07 Å². The molecule has 4 N–H and O–H groups in total. The van der Waals surface area contributed by atoms with Crippen LogP contribution in [-0.4, -0.2) is 9.97 Å². The van der Waals surface area contributed by atoms with Crippen LogP contribution in [0.1, 0.15) is 5.56 Å². The molecule has 0 aliphatic carbocycles. The summed E-state index contributed by atoms with van der Waals surface area (Å²) in [7, 11) is 0. The van der Waals surface area contributed by atoms with E-state index in [0.29, 0.717) is 20.7 Å². The van der Waals surface area contributed by atoms with Crippen LogP contribution in [0, 0.1) is 0 Å². The first kappa shape index (κ1) is 16.7. The van der Waals surface area contributed by atoms with Crippen molar-refractivity contribution in [1.82, 2.24) is 9.97 Å². The molecule has 1 heterocycles. The molecule has 9 heteroatoms. The van der Waals surface area contributed by atoms with Gasteiger partial charge in [0.05, 0.1) is 21.5 Å². The van der Waals surface area contributed by atoms with Crippen LogP contribution >= 0.6 is 23.4 Å². The minimum atomic E-state index is -4.40. The van der Waals surface area contributed by atoms with Gasteiger partial charge in [0.25, 0.3) is 0 Å². The van der Waals surface area contributed by atoms with Crippen LogP contribution in [0.2, 0.25) is 5.02 Å². The molecule has 124 valence electrons. The van der Waals surface area contributed by atoms with E-state index in [9.17, 15) is 13.2 Å². The zero-order valence-corrected chi connectivity index (χ0v) is 13.5. The quantitative estimate of drug-likeness (QED) is 0.688. The minimum absolute atomic E-state index is 0.0225. The van der Waals surface area contributed by atoms with E-state index in [2.05, 4.69) is 9.97 Å². The second kappa shape index (κ2) is 6.03. The molecule has 0 unspecified atom stereocenters. The van der Waals surface area contributed by atoms with E-state index in [4.69, 9.17) is 23.1 Å². The van der Waals surface area contributed by atoms with Crippen molar-refractivity contribution in [1.29, 1.82) is 0 Å². The van der Waals surface area contributed by atoms with Crippen molar-refractivity contribution >= 4 is 46.0 Å². The van der Waals surface area contributed by atoms with E-state index >= 15 is 0 Å². The van der Waals surface area contributed by atoms with Gasteiger partial charge in [-0.1, -0.05) is 29.4 Å². The molecule has 4 nitrogen and oxygen atoms in total. The van der Waals surface area contributed by atoms with E-state index in [-0.39, 0.29) is 16.8 Å². The molecule has 0 atom stereocenters. The fraction of sp³-hybridized carbons (Fsp3) is 0.0667. The Bertz CT molecular complexity index is 930. The van der Waals surface area contributed by atoms with Crippen molar-refractivity contribution in [2.75, 3.05) is 11.5 Å². The SMILES string of the molecule is Nc1nc(N)c2c(Cl)c(Sc3cccc(C(F)(F)F)c3)ccc2n1. The summed E-state index contributed by atoms with van der Waals surface area (Å²) < 4.78 is 38.4. The van der Waals surface area contributed by atoms with Gasteiger partial charge in [-0.15, -0.1) is 0 Å². The Kier molecular flexibility index (Phi) is 4.18. The maximum Gasteiger partial charge on any atom is 0.416 e. The third-order valence-corrected chi connectivity index (χ3v) is 4.75. The Labute approximate surface area is 144 Å². The van der Waals surface area contributed by atoms with Gasteiger partial charge in [-0.25, -0.2) is 4.98 Å². The molecule has 3 rings (SSSR count). The standard InChI is InChI=1S/C15H10ClF3N4S/c16-12-10(5-4-9-11(12)13(20)23-14(21)22-9)24-8-3-1-2-7(6-8)15(17,18)19/h1-6H,(H4,20,21,22,23). The number of nitrogens with zero attached hydrogens (tertiary/aromatic N) is 2. The number of anilines is 2. The van der Waals surface area contributed by atoms with Gasteiger partial charge >= 0.3 is 6.18 Å². The number of nitrogen functional groups attached to an aromatic ring is 2. The zero-order valence-electron chi connectivity index (χ0n) is 11.9. The Morgan fingerprint density at radius 1 is 1.04 bits per heavy atom. The number of benzene rings is 2. The lowest BCUT2D eigenvalue weighted by Crippen LogP contribution is -2.04. The van der Waals surface area contributed by atoms with Crippen molar-refractivity contribution in [3.63, 3.8) is 0 Å². The number of aromatic nitrogens is 2. The van der Waals surface area contributed by atoms with Gasteiger partial charge in [-0.05, 0) is 30.3 Å².